The van der Waals surface area contributed by atoms with Crippen LogP contribution in [0.5, 0.6) is 11.5 Å². The molecular formula is C27H28N2O5S. The molecule has 35 heavy (non-hydrogen) atoms. The summed E-state index contributed by atoms with van der Waals surface area (Å²) in [6.07, 6.45) is 1.84. The summed E-state index contributed by atoms with van der Waals surface area (Å²) in [6, 6.07) is 17.9. The monoisotopic (exact) mass is 492 g/mol. The number of ketones is 1. The lowest BCUT2D eigenvalue weighted by molar-refractivity contribution is -0.120. The number of sulfonamides is 1. The third-order valence-electron chi connectivity index (χ3n) is 6.26. The number of benzene rings is 2. The summed E-state index contributed by atoms with van der Waals surface area (Å²) in [5.41, 5.74) is 2.06. The van der Waals surface area contributed by atoms with Gasteiger partial charge in [0.25, 0.3) is 0 Å². The van der Waals surface area contributed by atoms with E-state index in [1.807, 2.05) is 36.4 Å². The van der Waals surface area contributed by atoms with Crippen LogP contribution in [0.3, 0.4) is 0 Å². The van der Waals surface area contributed by atoms with Crippen LogP contribution in [0.2, 0.25) is 0 Å². The number of carbonyl (C=O) groups excluding carboxylic acids is 1. The Hall–Kier alpha value is -3.23. The number of hydrogen-bond acceptors (Lipinski definition) is 6. The molecule has 1 saturated carbocycles. The van der Waals surface area contributed by atoms with Gasteiger partial charge in [0.05, 0.1) is 16.0 Å². The van der Waals surface area contributed by atoms with E-state index in [1.165, 1.54) is 0 Å². The first-order valence-corrected chi connectivity index (χ1v) is 13.1. The van der Waals surface area contributed by atoms with Crippen LogP contribution in [0.25, 0.3) is 11.3 Å². The average Bonchev–Trinajstić information content (AvgIpc) is 3.49. The maximum absolute atomic E-state index is 13.3. The average molecular weight is 493 g/mol. The summed E-state index contributed by atoms with van der Waals surface area (Å²) in [4.78, 5) is 18.2. The molecule has 1 aliphatic carbocycles. The zero-order valence-electron chi connectivity index (χ0n) is 20.0. The number of carbonyl (C=O) groups is 1. The number of hydrogen-bond donors (Lipinski definition) is 1. The van der Waals surface area contributed by atoms with Crippen LogP contribution < -0.4 is 14.2 Å². The van der Waals surface area contributed by atoms with Crippen LogP contribution in [0, 0.1) is 0 Å². The Labute approximate surface area is 205 Å². The molecule has 0 atom stereocenters. The Morgan fingerprint density at radius 3 is 2.40 bits per heavy atom. The van der Waals surface area contributed by atoms with E-state index in [9.17, 15) is 13.2 Å². The van der Waals surface area contributed by atoms with Crippen LogP contribution in [-0.2, 0) is 26.7 Å². The Morgan fingerprint density at radius 2 is 1.71 bits per heavy atom. The van der Waals surface area contributed by atoms with Crippen LogP contribution in [0.1, 0.15) is 44.9 Å². The van der Waals surface area contributed by atoms with Crippen LogP contribution in [-0.4, -0.2) is 31.5 Å². The van der Waals surface area contributed by atoms with Gasteiger partial charge in [0.2, 0.25) is 16.8 Å². The summed E-state index contributed by atoms with van der Waals surface area (Å²) in [6.45, 7) is 5.60. The summed E-state index contributed by atoms with van der Waals surface area (Å²) in [7, 11) is -3.61. The van der Waals surface area contributed by atoms with E-state index in [0.29, 0.717) is 22.9 Å². The summed E-state index contributed by atoms with van der Waals surface area (Å²) in [5, 5.41) is 0. The molecule has 7 nitrogen and oxygen atoms in total. The highest BCUT2D eigenvalue weighted by Crippen LogP contribution is 2.51. The molecule has 3 aromatic rings. The number of aromatic nitrogens is 1. The highest BCUT2D eigenvalue weighted by molar-refractivity contribution is 7.89. The first-order valence-electron chi connectivity index (χ1n) is 11.6. The van der Waals surface area contributed by atoms with Gasteiger partial charge in [0.1, 0.15) is 5.78 Å². The fourth-order valence-corrected chi connectivity index (χ4v) is 5.81. The van der Waals surface area contributed by atoms with Crippen LogP contribution in [0.4, 0.5) is 0 Å². The first kappa shape index (κ1) is 23.5. The smallest absolute Gasteiger partial charge is 0.241 e. The molecular weight excluding hydrogens is 464 g/mol. The first-order chi connectivity index (χ1) is 16.6. The van der Waals surface area contributed by atoms with Crippen molar-refractivity contribution in [2.24, 2.45) is 0 Å². The molecule has 5 rings (SSSR count). The molecule has 0 saturated heterocycles. The van der Waals surface area contributed by atoms with E-state index in [0.717, 1.165) is 24.0 Å². The second-order valence-corrected chi connectivity index (χ2v) is 11.8. The molecule has 8 heteroatoms. The lowest BCUT2D eigenvalue weighted by atomic mass is 9.88. The molecule has 182 valence electrons. The van der Waals surface area contributed by atoms with E-state index in [2.05, 4.69) is 4.72 Å². The van der Waals surface area contributed by atoms with Gasteiger partial charge in [-0.2, -0.15) is 0 Å². The van der Waals surface area contributed by atoms with Gasteiger partial charge in [-0.25, -0.2) is 13.1 Å². The van der Waals surface area contributed by atoms with Gasteiger partial charge in [-0.1, -0.05) is 24.3 Å². The van der Waals surface area contributed by atoms with E-state index in [1.54, 1.807) is 45.0 Å². The molecule has 1 aliphatic heterocycles. The predicted octanol–water partition coefficient (Wildman–Crippen LogP) is 4.40. The highest BCUT2D eigenvalue weighted by Gasteiger charge is 2.51. The van der Waals surface area contributed by atoms with Crippen molar-refractivity contribution in [1.29, 1.82) is 0 Å². The van der Waals surface area contributed by atoms with Crippen molar-refractivity contribution in [2.45, 2.75) is 55.9 Å². The van der Waals surface area contributed by atoms with Gasteiger partial charge in [-0.05, 0) is 75.6 Å². The summed E-state index contributed by atoms with van der Waals surface area (Å²) >= 11 is 0. The van der Waals surface area contributed by atoms with Gasteiger partial charge < -0.3 is 9.47 Å². The predicted molar refractivity (Wildman–Crippen MR) is 132 cm³/mol. The molecule has 1 aromatic heterocycles. The van der Waals surface area contributed by atoms with Crippen molar-refractivity contribution in [3.05, 3.63) is 71.9 Å². The highest BCUT2D eigenvalue weighted by atomic mass is 32.2. The molecule has 1 N–H and O–H groups in total. The lowest BCUT2D eigenvalue weighted by Crippen LogP contribution is -2.40. The zero-order valence-corrected chi connectivity index (χ0v) is 20.8. The largest absolute Gasteiger partial charge is 0.454 e. The van der Waals surface area contributed by atoms with E-state index >= 15 is 0 Å². The second-order valence-electron chi connectivity index (χ2n) is 10.1. The van der Waals surface area contributed by atoms with E-state index < -0.39 is 21.0 Å². The number of Topliss-reactive ketones (excluding diaryl/α,β-unsaturated/α-hetero) is 1. The van der Waals surface area contributed by atoms with Gasteiger partial charge >= 0.3 is 0 Å². The van der Waals surface area contributed by atoms with E-state index in [4.69, 9.17) is 14.5 Å². The maximum Gasteiger partial charge on any atom is 0.241 e. The molecule has 0 bridgehead atoms. The zero-order chi connectivity index (χ0) is 24.8. The minimum atomic E-state index is -3.61. The normalized spacial score (nSPS) is 16.2. The topological polar surface area (TPSA) is 94.6 Å². The Balaban J connectivity index is 1.33. The quantitative estimate of drug-likeness (QED) is 0.525. The van der Waals surface area contributed by atoms with Gasteiger partial charge in [-0.3, -0.25) is 9.78 Å². The van der Waals surface area contributed by atoms with Crippen molar-refractivity contribution in [1.82, 2.24) is 9.71 Å². The number of fused-ring (bicyclic) bond motifs is 1. The van der Waals surface area contributed by atoms with Gasteiger partial charge in [-0.15, -0.1) is 0 Å². The fraction of sp³-hybridized carbons (Fsp3) is 0.333. The van der Waals surface area contributed by atoms with Gasteiger partial charge in [0.15, 0.2) is 11.5 Å². The number of pyridine rings is 1. The molecule has 2 aliphatic rings. The number of nitrogens with zero attached hydrogens (tertiary/aromatic N) is 1. The molecule has 0 spiro atoms. The van der Waals surface area contributed by atoms with Crippen molar-refractivity contribution >= 4 is 15.8 Å². The second kappa shape index (κ2) is 8.46. The molecule has 0 radical (unpaired) electrons. The lowest BCUT2D eigenvalue weighted by Gasteiger charge is -2.20. The maximum atomic E-state index is 13.3. The summed E-state index contributed by atoms with van der Waals surface area (Å²) in [5.74, 6) is 1.53. The summed E-state index contributed by atoms with van der Waals surface area (Å²) < 4.78 is 38.7. The van der Waals surface area contributed by atoms with Crippen LogP contribution >= 0.6 is 0 Å². The van der Waals surface area contributed by atoms with Crippen molar-refractivity contribution in [3.8, 4) is 22.8 Å². The molecule has 0 unspecified atom stereocenters. The number of ether oxygens (including phenoxy) is 2. The van der Waals surface area contributed by atoms with E-state index in [-0.39, 0.29) is 23.9 Å². The Kier molecular flexibility index (Phi) is 5.68. The minimum absolute atomic E-state index is 0.135. The molecule has 0 amide bonds. The third kappa shape index (κ3) is 4.81. The fourth-order valence-electron chi connectivity index (χ4n) is 4.39. The number of rotatable bonds is 7. The third-order valence-corrected chi connectivity index (χ3v) is 8.03. The van der Waals surface area contributed by atoms with Gasteiger partial charge in [0, 0.05) is 23.2 Å². The van der Waals surface area contributed by atoms with Crippen LogP contribution in [0.15, 0.2) is 65.6 Å². The van der Waals surface area contributed by atoms with Crippen molar-refractivity contribution in [2.75, 3.05) is 6.79 Å². The van der Waals surface area contributed by atoms with Crippen molar-refractivity contribution < 1.29 is 22.7 Å². The molecule has 2 heterocycles. The number of nitrogens with one attached hydrogen (secondary N) is 1. The Morgan fingerprint density at radius 1 is 1.00 bits per heavy atom. The minimum Gasteiger partial charge on any atom is -0.454 e. The standard InChI is InChI=1S/C27H28N2O5S/c1-26(2,3)29-35(31,32)21-10-7-18(8-11-21)22-6-4-5-20(28-22)16-25(30)27(13-14-27)19-9-12-23-24(15-19)34-17-33-23/h4-12,15,29H,13-14,16-17H2,1-3H3. The SMILES string of the molecule is CC(C)(C)NS(=O)(=O)c1ccc(-c2cccc(CC(=O)C3(c4ccc5c(c4)OCO5)CC3)n2)cc1. The molecule has 2 aromatic carbocycles. The molecule has 1 fully saturated rings. The Bertz CT molecular complexity index is 1390. The van der Waals surface area contributed by atoms with Crippen molar-refractivity contribution in [3.63, 3.8) is 0 Å².